The second-order valence-corrected chi connectivity index (χ2v) is 5.74. The van der Waals surface area contributed by atoms with Crippen molar-refractivity contribution >= 4 is 0 Å². The van der Waals surface area contributed by atoms with Crippen molar-refractivity contribution in [3.8, 4) is 0 Å². The smallest absolute Gasteiger partial charge is 0.00997 e. The fourth-order valence-electron chi connectivity index (χ4n) is 2.34. The van der Waals surface area contributed by atoms with Crippen LogP contribution in [0.4, 0.5) is 0 Å². The molecule has 2 heteroatoms. The third kappa shape index (κ3) is 17.9. The Bertz CT molecular complexity index is 132. The first-order valence-electron chi connectivity index (χ1n) is 8.87. The lowest BCUT2D eigenvalue weighted by Crippen LogP contribution is -2.33. The Morgan fingerprint density at radius 1 is 0.421 bits per heavy atom. The maximum absolute atomic E-state index is 3.32. The van der Waals surface area contributed by atoms with Crippen LogP contribution in [-0.4, -0.2) is 13.1 Å². The molecule has 0 fully saturated rings. The highest BCUT2D eigenvalue weighted by Gasteiger charge is 1.92. The molecular weight excluding hydrogens is 232 g/mol. The zero-order valence-electron chi connectivity index (χ0n) is 13.6. The Balaban J connectivity index is 2.88. The molecule has 0 rings (SSSR count). The summed E-state index contributed by atoms with van der Waals surface area (Å²) in [6.45, 7) is 6.78. The van der Waals surface area contributed by atoms with E-state index in [2.05, 4.69) is 24.7 Å². The van der Waals surface area contributed by atoms with Gasteiger partial charge in [0.15, 0.2) is 0 Å². The summed E-state index contributed by atoms with van der Waals surface area (Å²) >= 11 is 0. The average Bonchev–Trinajstić information content (AvgIpc) is 2.43. The molecule has 0 aromatic carbocycles. The fourth-order valence-corrected chi connectivity index (χ4v) is 2.34. The third-order valence-electron chi connectivity index (χ3n) is 3.69. The Kier molecular flexibility index (Phi) is 17.8. The summed E-state index contributed by atoms with van der Waals surface area (Å²) in [5.41, 5.74) is 6.62. The van der Waals surface area contributed by atoms with Crippen LogP contribution in [0.15, 0.2) is 0 Å². The first kappa shape index (κ1) is 18.9. The van der Waals surface area contributed by atoms with Crippen LogP contribution in [0, 0.1) is 0 Å². The van der Waals surface area contributed by atoms with E-state index in [-0.39, 0.29) is 0 Å². The number of hydrogen-bond donors (Lipinski definition) is 2. The van der Waals surface area contributed by atoms with Gasteiger partial charge >= 0.3 is 0 Å². The molecule has 0 unspecified atom stereocenters. The standard InChI is InChI=1S/C17H38N2/c1-3-5-7-8-9-10-11-12-13-15-17-19-18-16-14-6-4-2/h18-19H,3-17H2,1-2H3. The van der Waals surface area contributed by atoms with E-state index in [1.807, 2.05) is 0 Å². The minimum absolute atomic E-state index is 1.12. The number of hydrogen-bond acceptors (Lipinski definition) is 2. The van der Waals surface area contributed by atoms with Gasteiger partial charge in [-0.2, -0.15) is 0 Å². The van der Waals surface area contributed by atoms with E-state index in [1.54, 1.807) is 0 Å². The van der Waals surface area contributed by atoms with Gasteiger partial charge in [-0.15, -0.1) is 0 Å². The Morgan fingerprint density at radius 3 is 1.21 bits per heavy atom. The number of unbranched alkanes of at least 4 members (excludes halogenated alkanes) is 11. The molecule has 0 saturated heterocycles. The van der Waals surface area contributed by atoms with Gasteiger partial charge in [0.1, 0.15) is 0 Å². The largest absolute Gasteiger partial charge is 0.258 e. The first-order chi connectivity index (χ1) is 9.41. The molecule has 2 nitrogen and oxygen atoms in total. The number of nitrogens with one attached hydrogen (secondary N) is 2. The number of hydrazine groups is 1. The van der Waals surface area contributed by atoms with Crippen molar-refractivity contribution < 1.29 is 0 Å². The van der Waals surface area contributed by atoms with Crippen molar-refractivity contribution in [3.63, 3.8) is 0 Å². The molecule has 0 aliphatic carbocycles. The number of rotatable bonds is 16. The monoisotopic (exact) mass is 270 g/mol. The van der Waals surface area contributed by atoms with Gasteiger partial charge in [-0.3, -0.25) is 10.9 Å². The maximum atomic E-state index is 3.32. The van der Waals surface area contributed by atoms with Gasteiger partial charge in [-0.05, 0) is 12.8 Å². The van der Waals surface area contributed by atoms with Gasteiger partial charge in [0.05, 0.1) is 0 Å². The molecule has 0 aliphatic rings. The summed E-state index contributed by atoms with van der Waals surface area (Å²) < 4.78 is 0. The molecule has 116 valence electrons. The minimum Gasteiger partial charge on any atom is -0.258 e. The van der Waals surface area contributed by atoms with Crippen LogP contribution in [0.1, 0.15) is 97.3 Å². The summed E-state index contributed by atoms with van der Waals surface area (Å²) in [7, 11) is 0. The van der Waals surface area contributed by atoms with Crippen LogP contribution >= 0.6 is 0 Å². The van der Waals surface area contributed by atoms with Crippen molar-refractivity contribution in [2.45, 2.75) is 97.3 Å². The van der Waals surface area contributed by atoms with Crippen molar-refractivity contribution in [1.29, 1.82) is 0 Å². The average molecular weight is 271 g/mol. The third-order valence-corrected chi connectivity index (χ3v) is 3.69. The normalized spacial score (nSPS) is 11.1. The van der Waals surface area contributed by atoms with Gasteiger partial charge in [0, 0.05) is 13.1 Å². The maximum Gasteiger partial charge on any atom is 0.00997 e. The molecule has 0 saturated carbocycles. The summed E-state index contributed by atoms with van der Waals surface area (Å²) in [6.07, 6.45) is 18.1. The zero-order valence-corrected chi connectivity index (χ0v) is 13.6. The van der Waals surface area contributed by atoms with E-state index in [4.69, 9.17) is 0 Å². The fraction of sp³-hybridized carbons (Fsp3) is 1.00. The highest BCUT2D eigenvalue weighted by Crippen LogP contribution is 2.10. The molecule has 2 N–H and O–H groups in total. The Hall–Kier alpha value is -0.0800. The molecule has 0 spiro atoms. The predicted octanol–water partition coefficient (Wildman–Crippen LogP) is 5.19. The van der Waals surface area contributed by atoms with Crippen LogP contribution in [-0.2, 0) is 0 Å². The van der Waals surface area contributed by atoms with Crippen molar-refractivity contribution in [2.24, 2.45) is 0 Å². The zero-order chi connectivity index (χ0) is 14.0. The Morgan fingerprint density at radius 2 is 0.737 bits per heavy atom. The van der Waals surface area contributed by atoms with Gasteiger partial charge < -0.3 is 0 Å². The summed E-state index contributed by atoms with van der Waals surface area (Å²) in [5.74, 6) is 0. The predicted molar refractivity (Wildman–Crippen MR) is 87.4 cm³/mol. The summed E-state index contributed by atoms with van der Waals surface area (Å²) in [6, 6.07) is 0. The lowest BCUT2D eigenvalue weighted by Gasteiger charge is -2.06. The van der Waals surface area contributed by atoms with Crippen LogP contribution in [0.2, 0.25) is 0 Å². The van der Waals surface area contributed by atoms with E-state index in [9.17, 15) is 0 Å². The summed E-state index contributed by atoms with van der Waals surface area (Å²) in [4.78, 5) is 0. The topological polar surface area (TPSA) is 24.1 Å². The van der Waals surface area contributed by atoms with Gasteiger partial charge in [0.2, 0.25) is 0 Å². The molecule has 0 atom stereocenters. The molecule has 0 heterocycles. The van der Waals surface area contributed by atoms with Crippen LogP contribution in [0.5, 0.6) is 0 Å². The molecule has 19 heavy (non-hydrogen) atoms. The van der Waals surface area contributed by atoms with Crippen molar-refractivity contribution in [1.82, 2.24) is 10.9 Å². The van der Waals surface area contributed by atoms with E-state index in [0.717, 1.165) is 13.1 Å². The molecule has 0 aromatic rings. The van der Waals surface area contributed by atoms with E-state index in [1.165, 1.54) is 83.5 Å². The quantitative estimate of drug-likeness (QED) is 0.298. The van der Waals surface area contributed by atoms with E-state index in [0.29, 0.717) is 0 Å². The van der Waals surface area contributed by atoms with E-state index >= 15 is 0 Å². The summed E-state index contributed by atoms with van der Waals surface area (Å²) in [5, 5.41) is 0. The lowest BCUT2D eigenvalue weighted by atomic mass is 10.1. The molecule has 0 radical (unpaired) electrons. The second-order valence-electron chi connectivity index (χ2n) is 5.74. The highest BCUT2D eigenvalue weighted by molar-refractivity contribution is 4.49. The Labute approximate surface area is 122 Å². The molecular formula is C17H38N2. The van der Waals surface area contributed by atoms with Crippen LogP contribution < -0.4 is 10.9 Å². The lowest BCUT2D eigenvalue weighted by molar-refractivity contribution is 0.484. The molecule has 0 aliphatic heterocycles. The first-order valence-corrected chi connectivity index (χ1v) is 8.87. The van der Waals surface area contributed by atoms with E-state index < -0.39 is 0 Å². The highest BCUT2D eigenvalue weighted by atomic mass is 15.3. The van der Waals surface area contributed by atoms with Crippen molar-refractivity contribution in [2.75, 3.05) is 13.1 Å². The second kappa shape index (κ2) is 17.9. The molecule has 0 amide bonds. The SMILES string of the molecule is CCCCCCCCCCCCNNCCCCC. The van der Waals surface area contributed by atoms with Gasteiger partial charge in [-0.25, -0.2) is 0 Å². The molecule has 0 aromatic heterocycles. The van der Waals surface area contributed by atoms with Gasteiger partial charge in [-0.1, -0.05) is 84.5 Å². The van der Waals surface area contributed by atoms with Crippen LogP contribution in [0.25, 0.3) is 0 Å². The van der Waals surface area contributed by atoms with Crippen molar-refractivity contribution in [3.05, 3.63) is 0 Å². The van der Waals surface area contributed by atoms with Crippen LogP contribution in [0.3, 0.4) is 0 Å². The van der Waals surface area contributed by atoms with Gasteiger partial charge in [0.25, 0.3) is 0 Å². The minimum atomic E-state index is 1.12. The molecule has 0 bridgehead atoms.